The minimum atomic E-state index is -1.72. The molecule has 0 aliphatic heterocycles. The van der Waals surface area contributed by atoms with E-state index >= 15 is 0 Å². The van der Waals surface area contributed by atoms with Gasteiger partial charge in [-0.1, -0.05) is 63.1 Å². The predicted octanol–water partition coefficient (Wildman–Crippen LogP) is 5.24. The van der Waals surface area contributed by atoms with Crippen LogP contribution in [0.5, 0.6) is 0 Å². The van der Waals surface area contributed by atoms with Crippen molar-refractivity contribution < 1.29 is 10.9 Å². The molecular weight excluding hydrogens is 328 g/mol. The minimum Gasteiger partial charge on any atom is -0.417 e. The molecular formula is C20H28O2Si2. The molecule has 0 radical (unpaired) electrons. The van der Waals surface area contributed by atoms with E-state index in [4.69, 9.17) is 6.11 Å². The van der Waals surface area contributed by atoms with Crippen LogP contribution in [0.15, 0.2) is 35.2 Å². The Balaban J connectivity index is 3.67. The Morgan fingerprint density at radius 2 is 1.75 bits per heavy atom. The molecule has 0 unspecified atom stereocenters. The van der Waals surface area contributed by atoms with Gasteiger partial charge in [-0.3, -0.25) is 4.79 Å². The summed E-state index contributed by atoms with van der Waals surface area (Å²) in [7, 11) is -3.25. The third kappa shape index (κ3) is 6.76. The fourth-order valence-corrected chi connectivity index (χ4v) is 2.66. The summed E-state index contributed by atoms with van der Waals surface area (Å²) in [5, 5.41) is 0.914. The van der Waals surface area contributed by atoms with Crippen molar-refractivity contribution in [1.82, 2.24) is 0 Å². The molecule has 0 saturated carbocycles. The number of esters is 1. The van der Waals surface area contributed by atoms with Gasteiger partial charge in [0, 0.05) is 19.4 Å². The van der Waals surface area contributed by atoms with Gasteiger partial charge in [0.15, 0.2) is 5.76 Å². The molecule has 0 atom stereocenters. The van der Waals surface area contributed by atoms with E-state index in [1.807, 2.05) is 24.3 Å². The molecule has 0 aromatic heterocycles. The highest BCUT2D eigenvalue weighted by Gasteiger charge is 2.17. The van der Waals surface area contributed by atoms with Crippen LogP contribution in [0.1, 0.15) is 26.3 Å². The lowest BCUT2D eigenvalue weighted by Gasteiger charge is -2.15. The van der Waals surface area contributed by atoms with Crippen molar-refractivity contribution in [2.75, 3.05) is 0 Å². The summed E-state index contributed by atoms with van der Waals surface area (Å²) in [4.78, 5) is 11.6. The largest absolute Gasteiger partial charge is 0.417 e. The van der Waals surface area contributed by atoms with E-state index in [0.717, 1.165) is 16.3 Å². The van der Waals surface area contributed by atoms with Crippen LogP contribution in [-0.4, -0.2) is 22.1 Å². The molecule has 4 heteroatoms. The molecule has 0 heterocycles. The number of allylic oxidation sites excluding steroid dienone is 1. The summed E-state index contributed by atoms with van der Waals surface area (Å²) < 4.78 is 13.3. The molecule has 0 aliphatic carbocycles. The standard InChI is InChI=1S/C20H28O2Si2/c1-16(24(6,7)8)15-20(22-17(2)21)19-12-10-9-11-18(19)13-14-23(3,4)5/h9-12H,1-8H3/i1D. The van der Waals surface area contributed by atoms with Crippen molar-refractivity contribution in [2.24, 2.45) is 0 Å². The highest BCUT2D eigenvalue weighted by molar-refractivity contribution is 6.84. The summed E-state index contributed by atoms with van der Waals surface area (Å²) >= 11 is 0. The average Bonchev–Trinajstić information content (AvgIpc) is 2.47. The van der Waals surface area contributed by atoms with Crippen molar-refractivity contribution >= 4 is 27.9 Å². The second-order valence-corrected chi connectivity index (χ2v) is 17.7. The first-order chi connectivity index (χ1) is 11.4. The van der Waals surface area contributed by atoms with Crippen LogP contribution in [0.4, 0.5) is 0 Å². The van der Waals surface area contributed by atoms with Gasteiger partial charge in [0.25, 0.3) is 0 Å². The second kappa shape index (κ2) is 7.85. The van der Waals surface area contributed by atoms with E-state index in [9.17, 15) is 4.79 Å². The monoisotopic (exact) mass is 357 g/mol. The Morgan fingerprint density at radius 1 is 1.12 bits per heavy atom. The van der Waals surface area contributed by atoms with E-state index in [-0.39, 0.29) is 6.90 Å². The third-order valence-electron chi connectivity index (χ3n) is 3.16. The SMILES string of the molecule is [2H]CC(=C=C(OC(C)=O)c1ccccc1C#C[Si](C)(C)C)[Si](C)(C)C. The second-order valence-electron chi connectivity index (χ2n) is 7.82. The summed E-state index contributed by atoms with van der Waals surface area (Å²) in [6.45, 7) is 14.6. The Kier molecular flexibility index (Phi) is 6.06. The van der Waals surface area contributed by atoms with Gasteiger partial charge < -0.3 is 4.74 Å². The number of ether oxygens (including phenoxy) is 1. The van der Waals surface area contributed by atoms with Crippen molar-refractivity contribution in [2.45, 2.75) is 53.1 Å². The lowest BCUT2D eigenvalue weighted by atomic mass is 10.1. The number of rotatable bonds is 3. The molecule has 0 bridgehead atoms. The van der Waals surface area contributed by atoms with Gasteiger partial charge in [-0.15, -0.1) is 5.54 Å². The van der Waals surface area contributed by atoms with Gasteiger partial charge >= 0.3 is 5.97 Å². The zero-order valence-electron chi connectivity index (χ0n) is 16.8. The Labute approximate surface area is 150 Å². The number of carbonyl (C=O) groups is 1. The fourth-order valence-electron chi connectivity index (χ4n) is 1.66. The molecule has 0 N–H and O–H groups in total. The fraction of sp³-hybridized carbons (Fsp3) is 0.400. The molecule has 0 spiro atoms. The molecule has 2 nitrogen and oxygen atoms in total. The van der Waals surface area contributed by atoms with Crippen LogP contribution in [0.2, 0.25) is 39.3 Å². The molecule has 0 saturated heterocycles. The quantitative estimate of drug-likeness (QED) is 0.243. The Hall–Kier alpha value is -1.80. The van der Waals surface area contributed by atoms with Crippen molar-refractivity contribution in [3.05, 3.63) is 46.3 Å². The summed E-state index contributed by atoms with van der Waals surface area (Å²) in [6, 6.07) is 7.65. The van der Waals surface area contributed by atoms with Crippen LogP contribution in [0.25, 0.3) is 5.76 Å². The maximum absolute atomic E-state index is 11.6. The van der Waals surface area contributed by atoms with Crippen molar-refractivity contribution in [1.29, 1.82) is 0 Å². The average molecular weight is 358 g/mol. The van der Waals surface area contributed by atoms with E-state index in [0.29, 0.717) is 5.76 Å². The zero-order chi connectivity index (χ0) is 19.3. The molecule has 24 heavy (non-hydrogen) atoms. The highest BCUT2D eigenvalue weighted by Crippen LogP contribution is 2.22. The molecule has 1 aromatic rings. The van der Waals surface area contributed by atoms with Gasteiger partial charge in [-0.2, -0.15) is 0 Å². The molecule has 0 aliphatic rings. The number of hydrogen-bond acceptors (Lipinski definition) is 2. The van der Waals surface area contributed by atoms with Crippen LogP contribution >= 0.6 is 0 Å². The summed E-state index contributed by atoms with van der Waals surface area (Å²) in [6.07, 6.45) is 0. The molecule has 0 amide bonds. The summed E-state index contributed by atoms with van der Waals surface area (Å²) in [5.41, 5.74) is 8.18. The van der Waals surface area contributed by atoms with Crippen LogP contribution < -0.4 is 0 Å². The minimum absolute atomic E-state index is 0.156. The predicted molar refractivity (Wildman–Crippen MR) is 108 cm³/mol. The van der Waals surface area contributed by atoms with Crippen LogP contribution in [0, 0.1) is 11.5 Å². The number of carbonyl (C=O) groups excluding carboxylic acids is 1. The van der Waals surface area contributed by atoms with Gasteiger partial charge in [-0.25, -0.2) is 0 Å². The maximum Gasteiger partial charge on any atom is 0.308 e. The van der Waals surface area contributed by atoms with E-state index < -0.39 is 22.1 Å². The molecule has 0 fully saturated rings. The Morgan fingerprint density at radius 3 is 2.25 bits per heavy atom. The zero-order valence-corrected chi connectivity index (χ0v) is 17.8. The first-order valence-corrected chi connectivity index (χ1v) is 15.0. The van der Waals surface area contributed by atoms with Gasteiger partial charge in [0.05, 0.1) is 8.07 Å². The lowest BCUT2D eigenvalue weighted by Crippen LogP contribution is -2.21. The maximum atomic E-state index is 11.6. The normalized spacial score (nSPS) is 11.5. The number of benzene rings is 1. The topological polar surface area (TPSA) is 26.3 Å². The van der Waals surface area contributed by atoms with Gasteiger partial charge in [0.1, 0.15) is 8.07 Å². The third-order valence-corrected chi connectivity index (χ3v) is 5.97. The van der Waals surface area contributed by atoms with E-state index in [1.165, 1.54) is 6.92 Å². The van der Waals surface area contributed by atoms with Crippen LogP contribution in [0.3, 0.4) is 0 Å². The first-order valence-electron chi connectivity index (χ1n) is 8.75. The lowest BCUT2D eigenvalue weighted by molar-refractivity contribution is -0.134. The van der Waals surface area contributed by atoms with E-state index in [1.54, 1.807) is 0 Å². The van der Waals surface area contributed by atoms with Gasteiger partial charge in [-0.05, 0) is 24.2 Å². The molecule has 1 rings (SSSR count). The first kappa shape index (κ1) is 18.5. The summed E-state index contributed by atoms with van der Waals surface area (Å²) in [5.74, 6) is 3.23. The van der Waals surface area contributed by atoms with Crippen molar-refractivity contribution in [3.63, 3.8) is 0 Å². The smallest absolute Gasteiger partial charge is 0.308 e. The highest BCUT2D eigenvalue weighted by atomic mass is 28.3. The van der Waals surface area contributed by atoms with E-state index in [2.05, 4.69) is 56.5 Å². The Bertz CT molecular complexity index is 765. The molecule has 1 aromatic carbocycles. The van der Waals surface area contributed by atoms with Gasteiger partial charge in [0.2, 0.25) is 0 Å². The molecule has 128 valence electrons. The van der Waals surface area contributed by atoms with Crippen LogP contribution in [-0.2, 0) is 9.53 Å². The van der Waals surface area contributed by atoms with Crippen molar-refractivity contribution in [3.8, 4) is 11.5 Å². The number of hydrogen-bond donors (Lipinski definition) is 0.